The number of aliphatic imine (C=N–C) groups is 1. The minimum atomic E-state index is -0.387. The Hall–Kier alpha value is -2.85. The average Bonchev–Trinajstić information content (AvgIpc) is 3.38. The van der Waals surface area contributed by atoms with E-state index in [0.29, 0.717) is 6.61 Å². The maximum atomic E-state index is 6.36. The molecule has 5 rings (SSSR count). The lowest BCUT2D eigenvalue weighted by Gasteiger charge is -2.43. The molecule has 0 bridgehead atoms. The van der Waals surface area contributed by atoms with E-state index >= 15 is 0 Å². The van der Waals surface area contributed by atoms with Crippen molar-refractivity contribution >= 4 is 11.7 Å². The monoisotopic (exact) mass is 428 g/mol. The van der Waals surface area contributed by atoms with Crippen molar-refractivity contribution in [2.45, 2.75) is 43.7 Å². The number of hydrogen-bond acceptors (Lipinski definition) is 4. The third kappa shape index (κ3) is 3.20. The number of fused-ring (bicyclic) bond motifs is 2. The molecule has 166 valence electrons. The smallest absolute Gasteiger partial charge is 0.195 e. The molecule has 0 radical (unpaired) electrons. The highest BCUT2D eigenvalue weighted by atomic mass is 16.5. The van der Waals surface area contributed by atoms with Gasteiger partial charge >= 0.3 is 0 Å². The van der Waals surface area contributed by atoms with Gasteiger partial charge in [0.2, 0.25) is 0 Å². The summed E-state index contributed by atoms with van der Waals surface area (Å²) in [5.41, 5.74) is 4.40. The maximum Gasteiger partial charge on any atom is 0.195 e. The van der Waals surface area contributed by atoms with Gasteiger partial charge in [0, 0.05) is 24.1 Å². The van der Waals surface area contributed by atoms with Crippen molar-refractivity contribution in [1.29, 1.82) is 0 Å². The summed E-state index contributed by atoms with van der Waals surface area (Å²) < 4.78 is 12.5. The highest BCUT2D eigenvalue weighted by Crippen LogP contribution is 2.54. The van der Waals surface area contributed by atoms with Gasteiger partial charge in [0.15, 0.2) is 5.90 Å². The van der Waals surface area contributed by atoms with Gasteiger partial charge in [-0.15, -0.1) is 6.58 Å². The van der Waals surface area contributed by atoms with Crippen LogP contribution in [0.5, 0.6) is 0 Å². The van der Waals surface area contributed by atoms with Crippen molar-refractivity contribution in [2.24, 2.45) is 10.9 Å². The standard InChI is InChI=1S/C28H32N2O2/c1-5-15-28(26-30-27(2,3)18-32-26)21-14-10-9-13-20(21)25(31-4)24-22(28)17-29-23(24)16-19-11-7-6-8-12-19/h5-14,22-23,29H,1,15-18H2,2-4H3/t22-,23?,28+/m0/s1. The van der Waals surface area contributed by atoms with E-state index in [1.807, 2.05) is 6.08 Å². The number of nitrogens with zero attached hydrogens (tertiary/aromatic N) is 1. The fourth-order valence-corrected chi connectivity index (χ4v) is 5.80. The molecular weight excluding hydrogens is 396 g/mol. The second-order valence-electron chi connectivity index (χ2n) is 9.72. The molecule has 2 aromatic carbocycles. The molecule has 32 heavy (non-hydrogen) atoms. The van der Waals surface area contributed by atoms with Crippen LogP contribution in [-0.2, 0) is 21.3 Å². The Morgan fingerprint density at radius 3 is 2.59 bits per heavy atom. The summed E-state index contributed by atoms with van der Waals surface area (Å²) in [5, 5.41) is 3.82. The molecule has 4 heteroatoms. The molecule has 0 saturated carbocycles. The molecule has 3 aliphatic rings. The zero-order valence-corrected chi connectivity index (χ0v) is 19.2. The van der Waals surface area contributed by atoms with E-state index in [0.717, 1.165) is 36.6 Å². The van der Waals surface area contributed by atoms with Gasteiger partial charge in [0.05, 0.1) is 18.1 Å². The molecule has 1 unspecified atom stereocenters. The molecule has 1 aliphatic carbocycles. The van der Waals surface area contributed by atoms with E-state index in [4.69, 9.17) is 14.5 Å². The molecule has 2 aliphatic heterocycles. The van der Waals surface area contributed by atoms with Crippen LogP contribution in [0.15, 0.2) is 77.8 Å². The van der Waals surface area contributed by atoms with E-state index in [1.165, 1.54) is 16.7 Å². The molecule has 2 heterocycles. The van der Waals surface area contributed by atoms with Crippen LogP contribution in [0, 0.1) is 5.92 Å². The molecule has 3 atom stereocenters. The van der Waals surface area contributed by atoms with E-state index in [9.17, 15) is 0 Å². The zero-order chi connectivity index (χ0) is 22.3. The molecule has 4 nitrogen and oxygen atoms in total. The van der Waals surface area contributed by atoms with E-state index in [1.54, 1.807) is 7.11 Å². The Kier molecular flexibility index (Phi) is 5.21. The Bertz CT molecular complexity index is 1090. The van der Waals surface area contributed by atoms with Gasteiger partial charge in [-0.3, -0.25) is 0 Å². The number of hydrogen-bond donors (Lipinski definition) is 1. The number of ether oxygens (including phenoxy) is 2. The van der Waals surface area contributed by atoms with Gasteiger partial charge in [-0.25, -0.2) is 4.99 Å². The van der Waals surface area contributed by atoms with Gasteiger partial charge in [-0.1, -0.05) is 60.7 Å². The maximum absolute atomic E-state index is 6.36. The van der Waals surface area contributed by atoms with Gasteiger partial charge in [-0.05, 0) is 43.4 Å². The van der Waals surface area contributed by atoms with Crippen molar-refractivity contribution in [1.82, 2.24) is 5.32 Å². The van der Waals surface area contributed by atoms with Gasteiger partial charge in [0.1, 0.15) is 12.4 Å². The summed E-state index contributed by atoms with van der Waals surface area (Å²) in [6.07, 6.45) is 3.71. The number of allylic oxidation sites excluding steroid dienone is 1. The second-order valence-corrected chi connectivity index (χ2v) is 9.72. The summed E-state index contributed by atoms with van der Waals surface area (Å²) in [6, 6.07) is 19.5. The predicted octanol–water partition coefficient (Wildman–Crippen LogP) is 4.91. The van der Waals surface area contributed by atoms with Gasteiger partial charge in [0.25, 0.3) is 0 Å². The highest BCUT2D eigenvalue weighted by molar-refractivity contribution is 5.95. The lowest BCUT2D eigenvalue weighted by atomic mass is 9.60. The molecule has 0 amide bonds. The fourth-order valence-electron chi connectivity index (χ4n) is 5.80. The Morgan fingerprint density at radius 2 is 1.91 bits per heavy atom. The SMILES string of the molecule is C=CC[C@@]1(C2=NC(C)(C)CO2)c2ccccc2C(OC)=C2C(Cc3ccccc3)NC[C@@H]21. The Morgan fingerprint density at radius 1 is 1.16 bits per heavy atom. The molecule has 0 spiro atoms. The van der Waals surface area contributed by atoms with E-state index < -0.39 is 0 Å². The van der Waals surface area contributed by atoms with Crippen LogP contribution in [0.1, 0.15) is 37.0 Å². The summed E-state index contributed by atoms with van der Waals surface area (Å²) in [4.78, 5) is 5.11. The van der Waals surface area contributed by atoms with Crippen LogP contribution in [0.3, 0.4) is 0 Å². The number of benzene rings is 2. The largest absolute Gasteiger partial charge is 0.496 e. The summed E-state index contributed by atoms with van der Waals surface area (Å²) in [5.74, 6) is 2.02. The lowest BCUT2D eigenvalue weighted by molar-refractivity contribution is 0.242. The second kappa shape index (κ2) is 7.93. The molecule has 2 aromatic rings. The van der Waals surface area contributed by atoms with Crippen LogP contribution in [-0.4, -0.2) is 37.7 Å². The van der Waals surface area contributed by atoms with Crippen LogP contribution in [0.4, 0.5) is 0 Å². The van der Waals surface area contributed by atoms with Crippen molar-refractivity contribution in [3.05, 3.63) is 89.5 Å². The van der Waals surface area contributed by atoms with Crippen molar-refractivity contribution in [3.63, 3.8) is 0 Å². The molecule has 1 N–H and O–H groups in total. The summed E-state index contributed by atoms with van der Waals surface area (Å²) in [6.45, 7) is 9.87. The van der Waals surface area contributed by atoms with Crippen LogP contribution < -0.4 is 5.32 Å². The topological polar surface area (TPSA) is 42.9 Å². The van der Waals surface area contributed by atoms with Crippen LogP contribution in [0.2, 0.25) is 0 Å². The zero-order valence-electron chi connectivity index (χ0n) is 19.2. The first kappa shape index (κ1) is 21.0. The highest BCUT2D eigenvalue weighted by Gasteiger charge is 2.57. The average molecular weight is 429 g/mol. The predicted molar refractivity (Wildman–Crippen MR) is 130 cm³/mol. The fraction of sp³-hybridized carbons (Fsp3) is 0.393. The number of rotatable bonds is 6. The van der Waals surface area contributed by atoms with Gasteiger partial charge < -0.3 is 14.8 Å². The minimum Gasteiger partial charge on any atom is -0.496 e. The Labute approximate surface area is 191 Å². The number of nitrogens with one attached hydrogen (secondary N) is 1. The van der Waals surface area contributed by atoms with Crippen molar-refractivity contribution < 1.29 is 9.47 Å². The number of methoxy groups -OCH3 is 1. The first-order chi connectivity index (χ1) is 15.5. The molecule has 1 saturated heterocycles. The van der Waals surface area contributed by atoms with E-state index in [2.05, 4.69) is 80.3 Å². The summed E-state index contributed by atoms with van der Waals surface area (Å²) >= 11 is 0. The summed E-state index contributed by atoms with van der Waals surface area (Å²) in [7, 11) is 1.79. The van der Waals surface area contributed by atoms with Crippen molar-refractivity contribution in [2.75, 3.05) is 20.3 Å². The molecule has 0 aromatic heterocycles. The minimum absolute atomic E-state index is 0.187. The normalized spacial score (nSPS) is 27.9. The van der Waals surface area contributed by atoms with Crippen LogP contribution >= 0.6 is 0 Å². The van der Waals surface area contributed by atoms with E-state index in [-0.39, 0.29) is 22.9 Å². The first-order valence-electron chi connectivity index (χ1n) is 11.5. The lowest BCUT2D eigenvalue weighted by Crippen LogP contribution is -2.47. The third-order valence-corrected chi connectivity index (χ3v) is 7.13. The quantitative estimate of drug-likeness (QED) is 0.665. The molecule has 1 fully saturated rings. The van der Waals surface area contributed by atoms with Gasteiger partial charge in [-0.2, -0.15) is 0 Å². The third-order valence-electron chi connectivity index (χ3n) is 7.13. The molecular formula is C28H32N2O2. The first-order valence-corrected chi connectivity index (χ1v) is 11.5. The van der Waals surface area contributed by atoms with Crippen LogP contribution in [0.25, 0.3) is 5.76 Å². The Balaban J connectivity index is 1.71. The van der Waals surface area contributed by atoms with Crippen molar-refractivity contribution in [3.8, 4) is 0 Å².